The van der Waals surface area contributed by atoms with E-state index in [1.807, 2.05) is 0 Å². The summed E-state index contributed by atoms with van der Waals surface area (Å²) >= 11 is 0. The highest BCUT2D eigenvalue weighted by Gasteiger charge is 2.25. The minimum absolute atomic E-state index is 0.597. The van der Waals surface area contributed by atoms with E-state index < -0.39 is 0 Å². The molecule has 2 nitrogen and oxygen atoms in total. The lowest BCUT2D eigenvalue weighted by Gasteiger charge is -2.12. The van der Waals surface area contributed by atoms with Crippen LogP contribution in [0.25, 0.3) is 5.76 Å². The molecule has 1 heterocycles. The van der Waals surface area contributed by atoms with Gasteiger partial charge in [0, 0.05) is 5.69 Å². The Hall–Kier alpha value is -1.96. The summed E-state index contributed by atoms with van der Waals surface area (Å²) in [4.78, 5) is 3.46. The molecule has 22 heavy (non-hydrogen) atoms. The van der Waals surface area contributed by atoms with E-state index in [0.717, 1.165) is 24.3 Å². The summed E-state index contributed by atoms with van der Waals surface area (Å²) in [6.07, 6.45) is 3.47. The largest absolute Gasteiger partial charge is 0.495 e. The van der Waals surface area contributed by atoms with Gasteiger partial charge in [-0.1, -0.05) is 44.7 Å². The van der Waals surface area contributed by atoms with Gasteiger partial charge in [0.25, 0.3) is 0 Å². The van der Waals surface area contributed by atoms with E-state index >= 15 is 0 Å². The zero-order valence-corrected chi connectivity index (χ0v) is 13.8. The predicted octanol–water partition coefficient (Wildman–Crippen LogP) is 5.03. The van der Waals surface area contributed by atoms with Crippen molar-refractivity contribution in [2.75, 3.05) is 7.11 Å². The number of benzene rings is 1. The van der Waals surface area contributed by atoms with Gasteiger partial charge < -0.3 is 9.72 Å². The monoisotopic (exact) mass is 295 g/mol. The smallest absolute Gasteiger partial charge is 0.135 e. The fourth-order valence-electron chi connectivity index (χ4n) is 3.35. The van der Waals surface area contributed by atoms with Gasteiger partial charge in [0.2, 0.25) is 0 Å². The molecule has 3 rings (SSSR count). The molecule has 1 aromatic heterocycles. The zero-order valence-electron chi connectivity index (χ0n) is 13.8. The first-order chi connectivity index (χ1) is 10.6. The number of hydrogen-bond donors (Lipinski definition) is 1. The van der Waals surface area contributed by atoms with Gasteiger partial charge in [-0.3, -0.25) is 0 Å². The molecule has 1 aliphatic rings. The van der Waals surface area contributed by atoms with Crippen molar-refractivity contribution >= 4 is 5.76 Å². The van der Waals surface area contributed by atoms with Crippen molar-refractivity contribution in [3.8, 4) is 0 Å². The highest BCUT2D eigenvalue weighted by atomic mass is 16.5. The van der Waals surface area contributed by atoms with Gasteiger partial charge in [-0.25, -0.2) is 0 Å². The second kappa shape index (κ2) is 6.04. The van der Waals surface area contributed by atoms with Gasteiger partial charge in [0.15, 0.2) is 0 Å². The molecular formula is C20H25NO. The fourth-order valence-corrected chi connectivity index (χ4v) is 3.35. The molecule has 2 aromatic rings. The topological polar surface area (TPSA) is 25.0 Å². The van der Waals surface area contributed by atoms with Gasteiger partial charge in [0.05, 0.1) is 12.8 Å². The summed E-state index contributed by atoms with van der Waals surface area (Å²) in [5.74, 6) is 1.92. The number of ether oxygens (including phenoxy) is 1. The van der Waals surface area contributed by atoms with E-state index in [0.29, 0.717) is 11.8 Å². The lowest BCUT2D eigenvalue weighted by atomic mass is 9.93. The molecule has 1 N–H and O–H groups in total. The van der Waals surface area contributed by atoms with Crippen LogP contribution in [0.1, 0.15) is 60.2 Å². The number of H-pyrrole nitrogens is 1. The highest BCUT2D eigenvalue weighted by Crippen LogP contribution is 2.37. The van der Waals surface area contributed by atoms with Crippen molar-refractivity contribution < 1.29 is 4.74 Å². The van der Waals surface area contributed by atoms with Crippen molar-refractivity contribution in [2.24, 2.45) is 0 Å². The lowest BCUT2D eigenvalue weighted by Crippen LogP contribution is -1.99. The van der Waals surface area contributed by atoms with Gasteiger partial charge in [-0.2, -0.15) is 0 Å². The third kappa shape index (κ3) is 2.83. The van der Waals surface area contributed by atoms with Gasteiger partial charge in [0.1, 0.15) is 5.76 Å². The van der Waals surface area contributed by atoms with Crippen LogP contribution in [0.4, 0.5) is 0 Å². The number of hydrogen-bond acceptors (Lipinski definition) is 1. The van der Waals surface area contributed by atoms with Crippen molar-refractivity contribution in [1.82, 2.24) is 4.98 Å². The Morgan fingerprint density at radius 2 is 2.05 bits per heavy atom. The molecular weight excluding hydrogens is 270 g/mol. The molecule has 0 saturated heterocycles. The Balaban J connectivity index is 1.75. The predicted molar refractivity (Wildman–Crippen MR) is 92.1 cm³/mol. The number of rotatable bonds is 5. The molecule has 0 bridgehead atoms. The van der Waals surface area contributed by atoms with E-state index in [4.69, 9.17) is 4.74 Å². The molecule has 1 unspecified atom stereocenters. The number of aromatic nitrogens is 1. The third-order valence-corrected chi connectivity index (χ3v) is 4.79. The molecule has 116 valence electrons. The molecule has 0 radical (unpaired) electrons. The third-order valence-electron chi connectivity index (χ3n) is 4.79. The SMILES string of the molecule is C=C(OC)c1cc2c([nH]1)CCC2Cc1ccc(C(C)C)cc1. The number of nitrogens with one attached hydrogen (secondary N) is 1. The second-order valence-electron chi connectivity index (χ2n) is 6.58. The first-order valence-electron chi connectivity index (χ1n) is 8.12. The molecule has 1 aliphatic carbocycles. The van der Waals surface area contributed by atoms with Crippen molar-refractivity contribution in [2.45, 2.75) is 44.9 Å². The molecule has 2 heteroatoms. The van der Waals surface area contributed by atoms with Crippen LogP contribution in [0.2, 0.25) is 0 Å². The van der Waals surface area contributed by atoms with Crippen LogP contribution in [-0.4, -0.2) is 12.1 Å². The first kappa shape index (κ1) is 15.0. The summed E-state index contributed by atoms with van der Waals surface area (Å²) in [5, 5.41) is 0. The average molecular weight is 295 g/mol. The molecule has 0 spiro atoms. The zero-order chi connectivity index (χ0) is 15.7. The van der Waals surface area contributed by atoms with Crippen LogP contribution in [0.3, 0.4) is 0 Å². The second-order valence-corrected chi connectivity index (χ2v) is 6.58. The molecule has 1 atom stereocenters. The average Bonchev–Trinajstić information content (AvgIpc) is 3.09. The number of aromatic amines is 1. The minimum Gasteiger partial charge on any atom is -0.495 e. The summed E-state index contributed by atoms with van der Waals surface area (Å²) in [7, 11) is 1.67. The van der Waals surface area contributed by atoms with Crippen LogP contribution >= 0.6 is 0 Å². The number of aryl methyl sites for hydroxylation is 1. The van der Waals surface area contributed by atoms with E-state index in [9.17, 15) is 0 Å². The summed E-state index contributed by atoms with van der Waals surface area (Å²) in [6.45, 7) is 8.41. The maximum absolute atomic E-state index is 5.24. The Labute approximate surface area is 133 Å². The van der Waals surface area contributed by atoms with Gasteiger partial charge in [-0.05, 0) is 53.9 Å². The summed E-state index contributed by atoms with van der Waals surface area (Å²) in [5.41, 5.74) is 6.66. The van der Waals surface area contributed by atoms with E-state index in [1.54, 1.807) is 7.11 Å². The lowest BCUT2D eigenvalue weighted by molar-refractivity contribution is 0.369. The van der Waals surface area contributed by atoms with Crippen molar-refractivity contribution in [1.29, 1.82) is 0 Å². The van der Waals surface area contributed by atoms with Crippen LogP contribution in [0, 0.1) is 0 Å². The quantitative estimate of drug-likeness (QED) is 0.769. The minimum atomic E-state index is 0.597. The maximum atomic E-state index is 5.24. The summed E-state index contributed by atoms with van der Waals surface area (Å²) in [6, 6.07) is 11.3. The van der Waals surface area contributed by atoms with Gasteiger partial charge >= 0.3 is 0 Å². The summed E-state index contributed by atoms with van der Waals surface area (Å²) < 4.78 is 5.24. The molecule has 0 saturated carbocycles. The Morgan fingerprint density at radius 3 is 2.68 bits per heavy atom. The highest BCUT2D eigenvalue weighted by molar-refractivity contribution is 5.57. The van der Waals surface area contributed by atoms with Crippen LogP contribution in [-0.2, 0) is 17.6 Å². The number of methoxy groups -OCH3 is 1. The Morgan fingerprint density at radius 1 is 1.32 bits per heavy atom. The molecule has 0 amide bonds. The molecule has 1 aromatic carbocycles. The Kier molecular flexibility index (Phi) is 4.10. The molecule has 0 fully saturated rings. The van der Waals surface area contributed by atoms with E-state index in [-0.39, 0.29) is 0 Å². The van der Waals surface area contributed by atoms with Gasteiger partial charge in [-0.15, -0.1) is 0 Å². The van der Waals surface area contributed by atoms with E-state index in [2.05, 4.69) is 55.7 Å². The van der Waals surface area contributed by atoms with Crippen molar-refractivity contribution in [3.63, 3.8) is 0 Å². The first-order valence-corrected chi connectivity index (χ1v) is 8.12. The van der Waals surface area contributed by atoms with Crippen LogP contribution < -0.4 is 0 Å². The molecule has 0 aliphatic heterocycles. The number of fused-ring (bicyclic) bond motifs is 1. The van der Waals surface area contributed by atoms with E-state index in [1.165, 1.54) is 28.8 Å². The standard InChI is InChI=1S/C20H25NO/c1-13(2)16-7-5-15(6-8-16)11-17-9-10-19-18(17)12-20(21-19)14(3)22-4/h5-8,12-13,17,21H,3,9-11H2,1-2,4H3. The fraction of sp³-hybridized carbons (Fsp3) is 0.400. The maximum Gasteiger partial charge on any atom is 0.135 e. The normalized spacial score (nSPS) is 16.8. The van der Waals surface area contributed by atoms with Crippen LogP contribution in [0.15, 0.2) is 36.9 Å². The van der Waals surface area contributed by atoms with Crippen LogP contribution in [0.5, 0.6) is 0 Å². The van der Waals surface area contributed by atoms with Crippen molar-refractivity contribution in [3.05, 3.63) is 65.0 Å². The Bertz CT molecular complexity index is 664.